The topological polar surface area (TPSA) is 114 Å². The molecule has 0 saturated heterocycles. The van der Waals surface area contributed by atoms with Gasteiger partial charge in [-0.2, -0.15) is 0 Å². The van der Waals surface area contributed by atoms with Crippen molar-refractivity contribution in [2.75, 3.05) is 0 Å². The third-order valence-electron chi connectivity index (χ3n) is 6.97. The number of benzene rings is 2. The van der Waals surface area contributed by atoms with E-state index in [2.05, 4.69) is 10.6 Å². The summed E-state index contributed by atoms with van der Waals surface area (Å²) in [4.78, 5) is 39.0. The van der Waals surface area contributed by atoms with Crippen LogP contribution in [-0.4, -0.2) is 40.8 Å². The van der Waals surface area contributed by atoms with Gasteiger partial charge in [-0.1, -0.05) is 92.8 Å². The van der Waals surface area contributed by atoms with E-state index in [4.69, 9.17) is 9.47 Å². The molecule has 2 aromatic carbocycles. The smallest absolute Gasteiger partial charge is 0.408 e. The summed E-state index contributed by atoms with van der Waals surface area (Å²) in [6.45, 7) is 2.92. The molecular weight excluding hydrogens is 472 g/mol. The van der Waals surface area contributed by atoms with E-state index in [1.807, 2.05) is 60.7 Å². The highest BCUT2D eigenvalue weighted by Gasteiger charge is 2.43. The van der Waals surface area contributed by atoms with Gasteiger partial charge in [-0.25, -0.2) is 9.59 Å². The molecule has 0 spiro atoms. The molecule has 200 valence electrons. The number of amides is 2. The van der Waals surface area contributed by atoms with Gasteiger partial charge in [0.15, 0.2) is 5.54 Å². The number of hydrogen-bond acceptors (Lipinski definition) is 6. The van der Waals surface area contributed by atoms with Gasteiger partial charge in [-0.15, -0.1) is 0 Å². The van der Waals surface area contributed by atoms with Crippen LogP contribution in [0.25, 0.3) is 0 Å². The van der Waals surface area contributed by atoms with Crippen LogP contribution in [0.1, 0.15) is 63.5 Å². The van der Waals surface area contributed by atoms with Crippen LogP contribution in [0.2, 0.25) is 0 Å². The highest BCUT2D eigenvalue weighted by molar-refractivity contribution is 5.92. The van der Waals surface area contributed by atoms with Gasteiger partial charge in [-0.3, -0.25) is 4.79 Å². The van der Waals surface area contributed by atoms with Crippen molar-refractivity contribution in [2.45, 2.75) is 83.3 Å². The fraction of sp³-hybridized carbons (Fsp3) is 0.483. The van der Waals surface area contributed by atoms with E-state index in [1.54, 1.807) is 0 Å². The van der Waals surface area contributed by atoms with Crippen molar-refractivity contribution in [1.29, 1.82) is 0 Å². The largest absolute Gasteiger partial charge is 0.459 e. The first kappa shape index (κ1) is 28.2. The molecule has 0 bridgehead atoms. The van der Waals surface area contributed by atoms with Crippen molar-refractivity contribution < 1.29 is 29.0 Å². The molecule has 2 aromatic rings. The number of aliphatic hydroxyl groups is 1. The lowest BCUT2D eigenvalue weighted by Crippen LogP contribution is -2.63. The van der Waals surface area contributed by atoms with E-state index in [1.165, 1.54) is 13.8 Å². The third kappa shape index (κ3) is 8.60. The van der Waals surface area contributed by atoms with Gasteiger partial charge >= 0.3 is 12.1 Å². The van der Waals surface area contributed by atoms with Gasteiger partial charge in [0.1, 0.15) is 19.3 Å². The second kappa shape index (κ2) is 13.8. The van der Waals surface area contributed by atoms with E-state index >= 15 is 0 Å². The van der Waals surface area contributed by atoms with Crippen LogP contribution < -0.4 is 10.6 Å². The molecule has 1 unspecified atom stereocenters. The Bertz CT molecular complexity index is 1010. The lowest BCUT2D eigenvalue weighted by atomic mass is 9.84. The van der Waals surface area contributed by atoms with E-state index < -0.39 is 35.7 Å². The van der Waals surface area contributed by atoms with Crippen molar-refractivity contribution in [1.82, 2.24) is 10.6 Å². The van der Waals surface area contributed by atoms with E-state index in [0.717, 1.165) is 43.2 Å². The number of nitrogens with one attached hydrogen (secondary N) is 2. The Labute approximate surface area is 218 Å². The number of carbonyl (C=O) groups excluding carboxylic acids is 3. The summed E-state index contributed by atoms with van der Waals surface area (Å²) < 4.78 is 10.8. The minimum absolute atomic E-state index is 0.00736. The molecule has 8 nitrogen and oxygen atoms in total. The van der Waals surface area contributed by atoms with Crippen molar-refractivity contribution >= 4 is 18.0 Å². The van der Waals surface area contributed by atoms with Crippen LogP contribution in [0.3, 0.4) is 0 Å². The van der Waals surface area contributed by atoms with Crippen LogP contribution >= 0.6 is 0 Å². The van der Waals surface area contributed by atoms with Gasteiger partial charge in [0, 0.05) is 0 Å². The zero-order valence-corrected chi connectivity index (χ0v) is 21.7. The average molecular weight is 511 g/mol. The summed E-state index contributed by atoms with van der Waals surface area (Å²) >= 11 is 0. The molecule has 3 atom stereocenters. The predicted molar refractivity (Wildman–Crippen MR) is 139 cm³/mol. The number of ether oxygens (including phenoxy) is 2. The van der Waals surface area contributed by atoms with Gasteiger partial charge in [-0.05, 0) is 37.3 Å². The van der Waals surface area contributed by atoms with Crippen LogP contribution in [0, 0.1) is 5.92 Å². The molecule has 1 aliphatic carbocycles. The Morgan fingerprint density at radius 1 is 0.919 bits per heavy atom. The fourth-order valence-electron chi connectivity index (χ4n) is 4.44. The molecule has 8 heteroatoms. The molecule has 3 rings (SSSR count). The number of aliphatic hydroxyl groups excluding tert-OH is 1. The number of hydrogen-bond donors (Lipinski definition) is 3. The van der Waals surface area contributed by atoms with Crippen molar-refractivity contribution in [3.8, 4) is 0 Å². The standard InChI is InChI=1S/C29H38N2O6/c1-21(32)29(2,27(34)36-19-23-14-8-4-9-15-23)31-26(33)25(18-22-12-6-3-7-13-22)30-28(35)37-20-24-16-10-5-11-17-24/h4-5,8-11,14-17,21-22,25,32H,3,6-7,12-13,18-20H2,1-2H3,(H,30,35)(H,31,33)/t21-,25?,29-/m0/s1. The molecule has 2 amide bonds. The minimum Gasteiger partial charge on any atom is -0.459 e. The maximum Gasteiger partial charge on any atom is 0.408 e. The molecule has 3 N–H and O–H groups in total. The quantitative estimate of drug-likeness (QED) is 0.390. The van der Waals surface area contributed by atoms with E-state index in [0.29, 0.717) is 6.42 Å². The highest BCUT2D eigenvalue weighted by Crippen LogP contribution is 2.28. The monoisotopic (exact) mass is 510 g/mol. The fourth-order valence-corrected chi connectivity index (χ4v) is 4.44. The maximum atomic E-state index is 13.4. The molecule has 1 saturated carbocycles. The molecule has 1 aliphatic rings. The Morgan fingerprint density at radius 2 is 1.46 bits per heavy atom. The zero-order valence-electron chi connectivity index (χ0n) is 21.7. The summed E-state index contributed by atoms with van der Waals surface area (Å²) in [6.07, 6.45) is 3.72. The Morgan fingerprint density at radius 3 is 2.00 bits per heavy atom. The van der Waals surface area contributed by atoms with Crippen LogP contribution in [-0.2, 0) is 32.3 Å². The summed E-state index contributed by atoms with van der Waals surface area (Å²) in [7, 11) is 0. The second-order valence-electron chi connectivity index (χ2n) is 9.93. The van der Waals surface area contributed by atoms with Gasteiger partial charge in [0.25, 0.3) is 0 Å². The number of alkyl carbamates (subject to hydrolysis) is 1. The molecular formula is C29H38N2O6. The van der Waals surface area contributed by atoms with Crippen LogP contribution in [0.5, 0.6) is 0 Å². The van der Waals surface area contributed by atoms with Gasteiger partial charge < -0.3 is 25.2 Å². The molecule has 0 heterocycles. The molecule has 1 fully saturated rings. The summed E-state index contributed by atoms with van der Waals surface area (Å²) in [5.41, 5.74) is -0.0892. The zero-order chi connectivity index (χ0) is 26.7. The first-order valence-electron chi connectivity index (χ1n) is 13.0. The molecule has 0 aromatic heterocycles. The predicted octanol–water partition coefficient (Wildman–Crippen LogP) is 4.25. The molecule has 0 radical (unpaired) electrons. The van der Waals surface area contributed by atoms with E-state index in [9.17, 15) is 19.5 Å². The Balaban J connectivity index is 1.67. The first-order valence-corrected chi connectivity index (χ1v) is 13.0. The van der Waals surface area contributed by atoms with Crippen molar-refractivity contribution in [2.24, 2.45) is 5.92 Å². The SMILES string of the molecule is C[C@H](O)[C@](C)(NC(=O)C(CC1CCCCC1)NC(=O)OCc1ccccc1)C(=O)OCc1ccccc1. The second-order valence-corrected chi connectivity index (χ2v) is 9.93. The average Bonchev–Trinajstić information content (AvgIpc) is 2.91. The number of carbonyl (C=O) groups is 3. The van der Waals surface area contributed by atoms with Crippen LogP contribution in [0.15, 0.2) is 60.7 Å². The minimum atomic E-state index is -1.70. The van der Waals surface area contributed by atoms with Crippen LogP contribution in [0.4, 0.5) is 4.79 Å². The lowest BCUT2D eigenvalue weighted by molar-refractivity contribution is -0.159. The number of rotatable bonds is 11. The Kier molecular flexibility index (Phi) is 10.5. The third-order valence-corrected chi connectivity index (χ3v) is 6.97. The lowest BCUT2D eigenvalue weighted by Gasteiger charge is -2.34. The summed E-state index contributed by atoms with van der Waals surface area (Å²) in [5, 5.41) is 15.8. The summed E-state index contributed by atoms with van der Waals surface area (Å²) in [5.74, 6) is -1.06. The maximum absolute atomic E-state index is 13.4. The van der Waals surface area contributed by atoms with E-state index in [-0.39, 0.29) is 19.1 Å². The highest BCUT2D eigenvalue weighted by atomic mass is 16.5. The first-order chi connectivity index (χ1) is 17.8. The normalized spacial score (nSPS) is 17.1. The molecule has 0 aliphatic heterocycles. The molecule has 37 heavy (non-hydrogen) atoms. The van der Waals surface area contributed by atoms with Gasteiger partial charge in [0.05, 0.1) is 6.10 Å². The van der Waals surface area contributed by atoms with Crippen molar-refractivity contribution in [3.63, 3.8) is 0 Å². The Hall–Kier alpha value is -3.39. The van der Waals surface area contributed by atoms with Gasteiger partial charge in [0.2, 0.25) is 5.91 Å². The van der Waals surface area contributed by atoms with Crippen molar-refractivity contribution in [3.05, 3.63) is 71.8 Å². The number of esters is 1. The summed E-state index contributed by atoms with van der Waals surface area (Å²) in [6, 6.07) is 17.5.